The molecule has 0 fully saturated rings. The molecule has 3 heterocycles. The van der Waals surface area contributed by atoms with Gasteiger partial charge in [-0.3, -0.25) is 4.79 Å². The Kier molecular flexibility index (Phi) is 3.15. The first-order valence-corrected chi connectivity index (χ1v) is 7.30. The zero-order chi connectivity index (χ0) is 15.8. The number of benzene rings is 1. The highest BCUT2D eigenvalue weighted by Gasteiger charge is 2.20. The standard InChI is InChI=1S/C17H13FN4O/c18-11-3-1-10(2-4-11)16-19-7-6-14(22-16)15-9-12-13(21-15)5-8-20-17(12)23/h1-4,6-7,9,21H,5,8H2,(H,20,23). The van der Waals surface area contributed by atoms with E-state index in [1.807, 2.05) is 0 Å². The first kappa shape index (κ1) is 13.6. The van der Waals surface area contributed by atoms with Crippen LogP contribution in [-0.2, 0) is 6.42 Å². The van der Waals surface area contributed by atoms with Gasteiger partial charge >= 0.3 is 0 Å². The Morgan fingerprint density at radius 2 is 1.96 bits per heavy atom. The molecule has 0 atom stereocenters. The summed E-state index contributed by atoms with van der Waals surface area (Å²) in [6.07, 6.45) is 2.43. The topological polar surface area (TPSA) is 70.7 Å². The summed E-state index contributed by atoms with van der Waals surface area (Å²) in [5.74, 6) is 0.147. The van der Waals surface area contributed by atoms with Crippen LogP contribution in [-0.4, -0.2) is 27.4 Å². The SMILES string of the molecule is O=C1NCCc2[nH]c(-c3ccnc(-c4ccc(F)cc4)n3)cc21. The van der Waals surface area contributed by atoms with Crippen LogP contribution in [0, 0.1) is 5.82 Å². The molecule has 1 aliphatic rings. The third-order valence-corrected chi connectivity index (χ3v) is 3.84. The highest BCUT2D eigenvalue weighted by atomic mass is 19.1. The monoisotopic (exact) mass is 308 g/mol. The lowest BCUT2D eigenvalue weighted by atomic mass is 10.1. The van der Waals surface area contributed by atoms with Crippen molar-refractivity contribution in [1.29, 1.82) is 0 Å². The minimum absolute atomic E-state index is 0.0680. The summed E-state index contributed by atoms with van der Waals surface area (Å²) in [6, 6.07) is 9.62. The first-order valence-electron chi connectivity index (χ1n) is 7.30. The number of carbonyl (C=O) groups excluding carboxylic acids is 1. The molecule has 0 aliphatic carbocycles. The fourth-order valence-electron chi connectivity index (χ4n) is 2.68. The van der Waals surface area contributed by atoms with E-state index < -0.39 is 0 Å². The first-order chi connectivity index (χ1) is 11.2. The average molecular weight is 308 g/mol. The van der Waals surface area contributed by atoms with Crippen molar-refractivity contribution in [2.45, 2.75) is 6.42 Å². The van der Waals surface area contributed by atoms with Gasteiger partial charge in [-0.1, -0.05) is 0 Å². The van der Waals surface area contributed by atoms with Crippen LogP contribution in [0.2, 0.25) is 0 Å². The summed E-state index contributed by atoms with van der Waals surface area (Å²) < 4.78 is 13.0. The van der Waals surface area contributed by atoms with Crippen LogP contribution in [0.25, 0.3) is 22.8 Å². The molecule has 1 aliphatic heterocycles. The Bertz CT molecular complexity index is 886. The van der Waals surface area contributed by atoms with Gasteiger partial charge in [0, 0.05) is 30.4 Å². The van der Waals surface area contributed by atoms with E-state index in [1.54, 1.807) is 30.5 Å². The van der Waals surface area contributed by atoms with Crippen molar-refractivity contribution >= 4 is 5.91 Å². The normalized spacial score (nSPS) is 13.5. The summed E-state index contributed by atoms with van der Waals surface area (Å²) in [5, 5.41) is 2.82. The van der Waals surface area contributed by atoms with E-state index in [0.29, 0.717) is 23.6 Å². The van der Waals surface area contributed by atoms with Gasteiger partial charge in [-0.15, -0.1) is 0 Å². The maximum Gasteiger partial charge on any atom is 0.253 e. The minimum Gasteiger partial charge on any atom is -0.356 e. The molecule has 4 rings (SSSR count). The lowest BCUT2D eigenvalue weighted by molar-refractivity contribution is 0.0946. The second-order valence-corrected chi connectivity index (χ2v) is 5.35. The maximum atomic E-state index is 13.0. The molecule has 0 bridgehead atoms. The van der Waals surface area contributed by atoms with Gasteiger partial charge in [-0.05, 0) is 36.4 Å². The van der Waals surface area contributed by atoms with E-state index in [1.165, 1.54) is 12.1 Å². The quantitative estimate of drug-likeness (QED) is 0.764. The van der Waals surface area contributed by atoms with Gasteiger partial charge < -0.3 is 10.3 Å². The summed E-state index contributed by atoms with van der Waals surface area (Å²) in [7, 11) is 0. The number of halogens is 1. The number of fused-ring (bicyclic) bond motifs is 1. The van der Waals surface area contributed by atoms with Gasteiger partial charge in [0.05, 0.1) is 17.0 Å². The van der Waals surface area contributed by atoms with Crippen molar-refractivity contribution in [3.05, 3.63) is 59.7 Å². The highest BCUT2D eigenvalue weighted by molar-refractivity contribution is 5.97. The highest BCUT2D eigenvalue weighted by Crippen LogP contribution is 2.24. The molecule has 114 valence electrons. The molecule has 0 spiro atoms. The van der Waals surface area contributed by atoms with Crippen molar-refractivity contribution < 1.29 is 9.18 Å². The predicted molar refractivity (Wildman–Crippen MR) is 83.2 cm³/mol. The van der Waals surface area contributed by atoms with Crippen LogP contribution in [0.1, 0.15) is 16.1 Å². The third kappa shape index (κ3) is 2.48. The second-order valence-electron chi connectivity index (χ2n) is 5.35. The van der Waals surface area contributed by atoms with Gasteiger partial charge in [-0.2, -0.15) is 0 Å². The van der Waals surface area contributed by atoms with Crippen LogP contribution in [0.3, 0.4) is 0 Å². The van der Waals surface area contributed by atoms with Crippen LogP contribution < -0.4 is 5.32 Å². The van der Waals surface area contributed by atoms with Crippen molar-refractivity contribution in [3.8, 4) is 22.8 Å². The van der Waals surface area contributed by atoms with Crippen LogP contribution in [0.5, 0.6) is 0 Å². The molecule has 2 N–H and O–H groups in total. The zero-order valence-corrected chi connectivity index (χ0v) is 12.1. The summed E-state index contributed by atoms with van der Waals surface area (Å²) >= 11 is 0. The Morgan fingerprint density at radius 3 is 2.74 bits per heavy atom. The maximum absolute atomic E-state index is 13.0. The molecule has 0 saturated heterocycles. The van der Waals surface area contributed by atoms with Crippen molar-refractivity contribution in [2.24, 2.45) is 0 Å². The molecule has 5 nitrogen and oxygen atoms in total. The Morgan fingerprint density at radius 1 is 1.13 bits per heavy atom. The van der Waals surface area contributed by atoms with Crippen LogP contribution in [0.15, 0.2) is 42.6 Å². The summed E-state index contributed by atoms with van der Waals surface area (Å²) in [4.78, 5) is 23.9. The lowest BCUT2D eigenvalue weighted by Gasteiger charge is -2.10. The fraction of sp³-hybridized carbons (Fsp3) is 0.118. The Labute approximate surface area is 131 Å². The summed E-state index contributed by atoms with van der Waals surface area (Å²) in [5.41, 5.74) is 3.79. The van der Waals surface area contributed by atoms with Gasteiger partial charge in [0.2, 0.25) is 0 Å². The van der Waals surface area contributed by atoms with Gasteiger partial charge in [0.25, 0.3) is 5.91 Å². The average Bonchev–Trinajstić information content (AvgIpc) is 3.01. The van der Waals surface area contributed by atoms with E-state index in [4.69, 9.17) is 0 Å². The minimum atomic E-state index is -0.298. The number of carbonyl (C=O) groups is 1. The molecular weight excluding hydrogens is 295 g/mol. The number of nitrogens with one attached hydrogen (secondary N) is 2. The number of aromatic nitrogens is 3. The molecule has 0 saturated carbocycles. The number of aromatic amines is 1. The largest absolute Gasteiger partial charge is 0.356 e. The molecule has 0 radical (unpaired) electrons. The number of hydrogen-bond acceptors (Lipinski definition) is 3. The smallest absolute Gasteiger partial charge is 0.253 e. The third-order valence-electron chi connectivity index (χ3n) is 3.84. The van der Waals surface area contributed by atoms with Gasteiger partial charge in [0.15, 0.2) is 5.82 Å². The Balaban J connectivity index is 1.74. The van der Waals surface area contributed by atoms with E-state index in [0.717, 1.165) is 23.4 Å². The van der Waals surface area contributed by atoms with Crippen molar-refractivity contribution in [1.82, 2.24) is 20.3 Å². The second kappa shape index (κ2) is 5.31. The molecule has 3 aromatic rings. The molecule has 6 heteroatoms. The van der Waals surface area contributed by atoms with Crippen molar-refractivity contribution in [3.63, 3.8) is 0 Å². The number of rotatable bonds is 2. The van der Waals surface area contributed by atoms with Gasteiger partial charge in [-0.25, -0.2) is 14.4 Å². The lowest BCUT2D eigenvalue weighted by Crippen LogP contribution is -2.31. The van der Waals surface area contributed by atoms with Crippen molar-refractivity contribution in [2.75, 3.05) is 6.54 Å². The molecule has 2 aromatic heterocycles. The fourth-order valence-corrected chi connectivity index (χ4v) is 2.68. The van der Waals surface area contributed by atoms with E-state index in [-0.39, 0.29) is 11.7 Å². The predicted octanol–water partition coefficient (Wildman–Crippen LogP) is 2.56. The molecule has 1 aromatic carbocycles. The van der Waals surface area contributed by atoms with E-state index in [2.05, 4.69) is 20.3 Å². The van der Waals surface area contributed by atoms with Crippen LogP contribution in [0.4, 0.5) is 4.39 Å². The molecule has 23 heavy (non-hydrogen) atoms. The molecule has 0 unspecified atom stereocenters. The summed E-state index contributed by atoms with van der Waals surface area (Å²) in [6.45, 7) is 0.635. The zero-order valence-electron chi connectivity index (χ0n) is 12.1. The molecule has 1 amide bonds. The number of hydrogen-bond donors (Lipinski definition) is 2. The number of amides is 1. The number of nitrogens with zero attached hydrogens (tertiary/aromatic N) is 2. The Hall–Kier alpha value is -3.02. The van der Waals surface area contributed by atoms with E-state index >= 15 is 0 Å². The van der Waals surface area contributed by atoms with Crippen LogP contribution >= 0.6 is 0 Å². The molecular formula is C17H13FN4O. The number of H-pyrrole nitrogens is 1. The van der Waals surface area contributed by atoms with E-state index in [9.17, 15) is 9.18 Å². The van der Waals surface area contributed by atoms with Gasteiger partial charge in [0.1, 0.15) is 5.82 Å².